The smallest absolute Gasteiger partial charge is 0.202 e. The Morgan fingerprint density at radius 2 is 2.05 bits per heavy atom. The Bertz CT molecular complexity index is 478. The summed E-state index contributed by atoms with van der Waals surface area (Å²) in [5.74, 6) is 0.963. The number of hydrogen-bond acceptors (Lipinski definition) is 3. The number of imidazole rings is 1. The number of para-hydroxylation sites is 1. The second-order valence-electron chi connectivity index (χ2n) is 4.59. The Hall–Kier alpha value is -1.97. The van der Waals surface area contributed by atoms with Gasteiger partial charge in [-0.2, -0.15) is 0 Å². The van der Waals surface area contributed by atoms with Crippen LogP contribution in [0.4, 0.5) is 11.6 Å². The lowest BCUT2D eigenvalue weighted by atomic mass is 10.3. The number of nitrogens with zero attached hydrogens (tertiary/aromatic N) is 3. The van der Waals surface area contributed by atoms with Gasteiger partial charge in [0.1, 0.15) is 0 Å². The van der Waals surface area contributed by atoms with E-state index in [2.05, 4.69) is 58.0 Å². The fourth-order valence-corrected chi connectivity index (χ4v) is 2.10. The van der Waals surface area contributed by atoms with E-state index in [-0.39, 0.29) is 0 Å². The minimum absolute atomic E-state index is 0.904. The number of hydrogen-bond donors (Lipinski definition) is 1. The van der Waals surface area contributed by atoms with E-state index in [0.717, 1.165) is 32.0 Å². The van der Waals surface area contributed by atoms with E-state index in [1.54, 1.807) is 0 Å². The molecule has 0 atom stereocenters. The SMILES string of the molecule is CCNc1nccn1CCCN(C)c1ccccc1. The van der Waals surface area contributed by atoms with Crippen molar-refractivity contribution < 1.29 is 0 Å². The topological polar surface area (TPSA) is 33.1 Å². The van der Waals surface area contributed by atoms with Gasteiger partial charge in [-0.25, -0.2) is 4.98 Å². The van der Waals surface area contributed by atoms with Gasteiger partial charge in [-0.1, -0.05) is 18.2 Å². The highest BCUT2D eigenvalue weighted by Crippen LogP contribution is 2.12. The highest BCUT2D eigenvalue weighted by molar-refractivity contribution is 5.44. The molecule has 0 saturated heterocycles. The predicted octanol–water partition coefficient (Wildman–Crippen LogP) is 2.84. The quantitative estimate of drug-likeness (QED) is 0.829. The first kappa shape index (κ1) is 13.5. The van der Waals surface area contributed by atoms with E-state index >= 15 is 0 Å². The zero-order chi connectivity index (χ0) is 13.5. The molecule has 4 heteroatoms. The average Bonchev–Trinajstić information content (AvgIpc) is 2.88. The molecule has 4 nitrogen and oxygen atoms in total. The monoisotopic (exact) mass is 258 g/mol. The first-order valence-corrected chi connectivity index (χ1v) is 6.82. The summed E-state index contributed by atoms with van der Waals surface area (Å²) in [6.07, 6.45) is 4.97. The van der Waals surface area contributed by atoms with Crippen molar-refractivity contribution >= 4 is 11.6 Å². The normalized spacial score (nSPS) is 10.4. The molecule has 2 aromatic rings. The van der Waals surface area contributed by atoms with Crippen LogP contribution in [0.25, 0.3) is 0 Å². The standard InChI is InChI=1S/C15H22N4/c1-3-16-15-17-10-13-19(15)12-7-11-18(2)14-8-5-4-6-9-14/h4-6,8-10,13H,3,7,11-12H2,1-2H3,(H,16,17). The van der Waals surface area contributed by atoms with E-state index in [1.165, 1.54) is 5.69 Å². The van der Waals surface area contributed by atoms with Crippen LogP contribution in [0.2, 0.25) is 0 Å². The van der Waals surface area contributed by atoms with E-state index < -0.39 is 0 Å². The third-order valence-corrected chi connectivity index (χ3v) is 3.14. The summed E-state index contributed by atoms with van der Waals surface area (Å²) in [6, 6.07) is 10.5. The van der Waals surface area contributed by atoms with Crippen LogP contribution in [0.5, 0.6) is 0 Å². The maximum atomic E-state index is 4.30. The summed E-state index contributed by atoms with van der Waals surface area (Å²) in [4.78, 5) is 6.58. The lowest BCUT2D eigenvalue weighted by molar-refractivity contribution is 0.642. The molecule has 1 N–H and O–H groups in total. The highest BCUT2D eigenvalue weighted by Gasteiger charge is 2.02. The van der Waals surface area contributed by atoms with Crippen molar-refractivity contribution in [2.24, 2.45) is 0 Å². The van der Waals surface area contributed by atoms with E-state index in [1.807, 2.05) is 18.5 Å². The Morgan fingerprint density at radius 3 is 2.79 bits per heavy atom. The summed E-state index contributed by atoms with van der Waals surface area (Å²) in [6.45, 7) is 5.01. The fraction of sp³-hybridized carbons (Fsp3) is 0.400. The molecule has 102 valence electrons. The Kier molecular flexibility index (Phi) is 4.84. The minimum Gasteiger partial charge on any atom is -0.375 e. The molecule has 1 aromatic carbocycles. The van der Waals surface area contributed by atoms with Gasteiger partial charge < -0.3 is 14.8 Å². The molecular formula is C15H22N4. The van der Waals surface area contributed by atoms with E-state index in [4.69, 9.17) is 0 Å². The fourth-order valence-electron chi connectivity index (χ4n) is 2.10. The molecule has 0 spiro atoms. The van der Waals surface area contributed by atoms with Crippen LogP contribution in [0, 0.1) is 0 Å². The molecule has 19 heavy (non-hydrogen) atoms. The van der Waals surface area contributed by atoms with Gasteiger partial charge in [-0.15, -0.1) is 0 Å². The van der Waals surface area contributed by atoms with Crippen LogP contribution in [-0.4, -0.2) is 29.7 Å². The Balaban J connectivity index is 1.81. The molecule has 2 rings (SSSR count). The van der Waals surface area contributed by atoms with Crippen molar-refractivity contribution in [3.8, 4) is 0 Å². The van der Waals surface area contributed by atoms with Crippen molar-refractivity contribution in [1.82, 2.24) is 9.55 Å². The van der Waals surface area contributed by atoms with Gasteiger partial charge in [0.25, 0.3) is 0 Å². The third-order valence-electron chi connectivity index (χ3n) is 3.14. The number of aryl methyl sites for hydroxylation is 1. The van der Waals surface area contributed by atoms with Crippen LogP contribution in [0.15, 0.2) is 42.7 Å². The number of benzene rings is 1. The molecule has 0 aliphatic carbocycles. The van der Waals surface area contributed by atoms with Crippen molar-refractivity contribution in [2.45, 2.75) is 19.9 Å². The summed E-state index contributed by atoms with van der Waals surface area (Å²) in [5, 5.41) is 3.26. The molecule has 1 aromatic heterocycles. The number of rotatable bonds is 7. The van der Waals surface area contributed by atoms with Gasteiger partial charge in [-0.3, -0.25) is 0 Å². The number of nitrogens with one attached hydrogen (secondary N) is 1. The van der Waals surface area contributed by atoms with Crippen molar-refractivity contribution in [3.63, 3.8) is 0 Å². The first-order valence-electron chi connectivity index (χ1n) is 6.82. The van der Waals surface area contributed by atoms with Gasteiger partial charge in [0.2, 0.25) is 5.95 Å². The highest BCUT2D eigenvalue weighted by atomic mass is 15.2. The second kappa shape index (κ2) is 6.83. The minimum atomic E-state index is 0.904. The number of aromatic nitrogens is 2. The molecule has 0 aliphatic rings. The van der Waals surface area contributed by atoms with E-state index in [0.29, 0.717) is 0 Å². The van der Waals surface area contributed by atoms with Crippen molar-refractivity contribution in [3.05, 3.63) is 42.7 Å². The lowest BCUT2D eigenvalue weighted by Crippen LogP contribution is -2.20. The predicted molar refractivity (Wildman–Crippen MR) is 80.7 cm³/mol. The van der Waals surface area contributed by atoms with Crippen molar-refractivity contribution in [1.29, 1.82) is 0 Å². The summed E-state index contributed by atoms with van der Waals surface area (Å²) >= 11 is 0. The van der Waals surface area contributed by atoms with Crippen LogP contribution >= 0.6 is 0 Å². The first-order chi connectivity index (χ1) is 9.31. The molecule has 0 bridgehead atoms. The molecule has 0 amide bonds. The van der Waals surface area contributed by atoms with E-state index in [9.17, 15) is 0 Å². The molecule has 1 heterocycles. The summed E-state index contributed by atoms with van der Waals surface area (Å²) in [7, 11) is 2.13. The largest absolute Gasteiger partial charge is 0.375 e. The summed E-state index contributed by atoms with van der Waals surface area (Å²) in [5.41, 5.74) is 1.26. The molecular weight excluding hydrogens is 236 g/mol. The van der Waals surface area contributed by atoms with Gasteiger partial charge >= 0.3 is 0 Å². The van der Waals surface area contributed by atoms with Crippen LogP contribution in [0.1, 0.15) is 13.3 Å². The second-order valence-corrected chi connectivity index (χ2v) is 4.59. The van der Waals surface area contributed by atoms with Crippen LogP contribution in [0.3, 0.4) is 0 Å². The third kappa shape index (κ3) is 3.74. The van der Waals surface area contributed by atoms with Gasteiger partial charge in [0.15, 0.2) is 0 Å². The molecule has 0 aliphatic heterocycles. The zero-order valence-corrected chi connectivity index (χ0v) is 11.7. The molecule has 0 saturated carbocycles. The number of anilines is 2. The molecule has 0 fully saturated rings. The summed E-state index contributed by atoms with van der Waals surface area (Å²) < 4.78 is 2.17. The van der Waals surface area contributed by atoms with Gasteiger partial charge in [0.05, 0.1) is 0 Å². The van der Waals surface area contributed by atoms with Crippen molar-refractivity contribution in [2.75, 3.05) is 30.4 Å². The maximum Gasteiger partial charge on any atom is 0.202 e. The molecule has 0 radical (unpaired) electrons. The Labute approximate surface area is 115 Å². The average molecular weight is 258 g/mol. The Morgan fingerprint density at radius 1 is 1.26 bits per heavy atom. The maximum absolute atomic E-state index is 4.30. The van der Waals surface area contributed by atoms with Gasteiger partial charge in [-0.05, 0) is 25.5 Å². The van der Waals surface area contributed by atoms with Crippen LogP contribution in [-0.2, 0) is 6.54 Å². The lowest BCUT2D eigenvalue weighted by Gasteiger charge is -2.19. The molecule has 0 unspecified atom stereocenters. The van der Waals surface area contributed by atoms with Gasteiger partial charge in [0, 0.05) is 44.8 Å². The zero-order valence-electron chi connectivity index (χ0n) is 11.7. The van der Waals surface area contributed by atoms with Crippen LogP contribution < -0.4 is 10.2 Å².